The van der Waals surface area contributed by atoms with E-state index in [4.69, 9.17) is 9.47 Å². The second-order valence-corrected chi connectivity index (χ2v) is 7.63. The van der Waals surface area contributed by atoms with Gasteiger partial charge in [0.15, 0.2) is 11.2 Å². The van der Waals surface area contributed by atoms with Crippen molar-refractivity contribution in [2.24, 2.45) is 0 Å². The first kappa shape index (κ1) is 22.2. The molecule has 5 rings (SSSR count). The fraction of sp³-hybridized carbons (Fsp3) is 0.160. The lowest BCUT2D eigenvalue weighted by molar-refractivity contribution is 0.0526. The Hall–Kier alpha value is -4.60. The van der Waals surface area contributed by atoms with Crippen molar-refractivity contribution in [1.29, 1.82) is 0 Å². The van der Waals surface area contributed by atoms with Crippen LogP contribution < -0.4 is 4.74 Å². The van der Waals surface area contributed by atoms with Gasteiger partial charge in [-0.3, -0.25) is 0 Å². The summed E-state index contributed by atoms with van der Waals surface area (Å²) in [4.78, 5) is 25.6. The molecule has 0 fully saturated rings. The largest absolute Gasteiger partial charge is 0.471 e. The van der Waals surface area contributed by atoms with Crippen LogP contribution in [0.15, 0.2) is 73.3 Å². The Bertz CT molecular complexity index is 1480. The first-order chi connectivity index (χ1) is 17.1. The molecular weight excluding hydrogens is 451 g/mol. The second-order valence-electron chi connectivity index (χ2n) is 7.63. The van der Waals surface area contributed by atoms with Gasteiger partial charge in [-0.1, -0.05) is 48.5 Å². The van der Waals surface area contributed by atoms with E-state index in [1.54, 1.807) is 36.0 Å². The quantitative estimate of drug-likeness (QED) is 0.316. The molecule has 0 aliphatic heterocycles. The van der Waals surface area contributed by atoms with Gasteiger partial charge in [0.2, 0.25) is 5.88 Å². The molecule has 0 saturated carbocycles. The Kier molecular flexibility index (Phi) is 6.16. The van der Waals surface area contributed by atoms with E-state index in [0.29, 0.717) is 16.7 Å². The van der Waals surface area contributed by atoms with Crippen molar-refractivity contribution in [2.45, 2.75) is 20.1 Å². The molecule has 5 aromatic rings. The fourth-order valence-electron chi connectivity index (χ4n) is 3.51. The third kappa shape index (κ3) is 4.72. The van der Waals surface area contributed by atoms with Crippen molar-refractivity contribution in [2.75, 3.05) is 6.61 Å². The molecule has 9 nitrogen and oxygen atoms in total. The number of carbonyl (C=O) groups excluding carboxylic acids is 1. The number of nitrogens with zero attached hydrogens (tertiary/aromatic N) is 6. The van der Waals surface area contributed by atoms with Gasteiger partial charge in [0, 0.05) is 11.8 Å². The second kappa shape index (κ2) is 9.72. The molecule has 0 atom stereocenters. The summed E-state index contributed by atoms with van der Waals surface area (Å²) in [5, 5.41) is 4.21. The highest BCUT2D eigenvalue weighted by molar-refractivity contribution is 5.88. The molecule has 0 radical (unpaired) electrons. The molecular formula is C25H21FN6O3. The zero-order valence-corrected chi connectivity index (χ0v) is 18.8. The van der Waals surface area contributed by atoms with Gasteiger partial charge in [0.1, 0.15) is 12.4 Å². The van der Waals surface area contributed by atoms with E-state index in [2.05, 4.69) is 20.1 Å². The van der Waals surface area contributed by atoms with Crippen molar-refractivity contribution in [1.82, 2.24) is 29.3 Å². The van der Waals surface area contributed by atoms with Crippen LogP contribution in [0, 0.1) is 5.82 Å². The lowest BCUT2D eigenvalue weighted by atomic mass is 10.2. The maximum absolute atomic E-state index is 14.3. The van der Waals surface area contributed by atoms with Crippen LogP contribution in [0.5, 0.6) is 5.88 Å². The lowest BCUT2D eigenvalue weighted by Gasteiger charge is -2.10. The molecule has 3 heterocycles. The normalized spacial score (nSPS) is 11.0. The number of hydrogen-bond donors (Lipinski definition) is 0. The zero-order chi connectivity index (χ0) is 24.2. The Labute approximate surface area is 199 Å². The molecule has 0 unspecified atom stereocenters. The van der Waals surface area contributed by atoms with Crippen molar-refractivity contribution in [3.8, 4) is 11.8 Å². The molecule has 35 heavy (non-hydrogen) atoms. The highest BCUT2D eigenvalue weighted by atomic mass is 19.1. The number of esters is 1. The lowest BCUT2D eigenvalue weighted by Crippen LogP contribution is -2.08. The summed E-state index contributed by atoms with van der Waals surface area (Å²) in [7, 11) is 0. The fourth-order valence-corrected chi connectivity index (χ4v) is 3.51. The number of imidazole rings is 1. The molecule has 0 aliphatic rings. The topological polar surface area (TPSA) is 97.0 Å². The van der Waals surface area contributed by atoms with Gasteiger partial charge in [0.25, 0.3) is 5.95 Å². The molecule has 0 amide bonds. The Morgan fingerprint density at radius 3 is 2.66 bits per heavy atom. The van der Waals surface area contributed by atoms with E-state index in [0.717, 1.165) is 5.56 Å². The van der Waals surface area contributed by atoms with E-state index in [9.17, 15) is 9.18 Å². The first-order valence-corrected chi connectivity index (χ1v) is 11.0. The molecule has 0 aliphatic carbocycles. The van der Waals surface area contributed by atoms with Crippen LogP contribution in [0.25, 0.3) is 17.1 Å². The molecule has 2 aromatic carbocycles. The molecule has 0 N–H and O–H groups in total. The van der Waals surface area contributed by atoms with Crippen LogP contribution in [0.4, 0.5) is 4.39 Å². The van der Waals surface area contributed by atoms with Crippen molar-refractivity contribution >= 4 is 17.1 Å². The Balaban J connectivity index is 1.55. The molecule has 0 bridgehead atoms. The monoisotopic (exact) mass is 472 g/mol. The van der Waals surface area contributed by atoms with E-state index < -0.39 is 5.97 Å². The standard InChI is InChI=1S/C25H21FN6O3/c1-2-34-24(33)19-12-28-32(14-19)25-29-22-21(23(30-25)35-15-17-8-4-3-5-9-17)27-16-31(22)13-18-10-6-7-11-20(18)26/h3-12,14,16H,2,13,15H2,1H3. The number of carbonyl (C=O) groups is 1. The number of hydrogen-bond acceptors (Lipinski definition) is 7. The minimum absolute atomic E-state index is 0.173. The zero-order valence-electron chi connectivity index (χ0n) is 18.8. The Morgan fingerprint density at radius 1 is 1.06 bits per heavy atom. The van der Waals surface area contributed by atoms with Crippen molar-refractivity contribution < 1.29 is 18.7 Å². The molecule has 3 aromatic heterocycles. The number of halogens is 1. The highest BCUT2D eigenvalue weighted by Gasteiger charge is 2.18. The molecule has 0 saturated heterocycles. The average molecular weight is 472 g/mol. The predicted octanol–water partition coefficient (Wildman–Crippen LogP) is 3.96. The van der Waals surface area contributed by atoms with Gasteiger partial charge in [-0.05, 0) is 18.6 Å². The van der Waals surface area contributed by atoms with Crippen LogP contribution in [-0.2, 0) is 17.9 Å². The average Bonchev–Trinajstić information content (AvgIpc) is 3.53. The van der Waals surface area contributed by atoms with E-state index in [-0.39, 0.29) is 43.0 Å². The van der Waals surface area contributed by atoms with Crippen molar-refractivity contribution in [3.05, 3.63) is 95.8 Å². The van der Waals surface area contributed by atoms with Gasteiger partial charge in [0.05, 0.1) is 31.2 Å². The SMILES string of the molecule is CCOC(=O)c1cnn(-c2nc(OCc3ccccc3)c3ncn(Cc4ccccc4F)c3n2)c1. The first-order valence-electron chi connectivity index (χ1n) is 11.0. The third-order valence-corrected chi connectivity index (χ3v) is 5.24. The van der Waals surface area contributed by atoms with Gasteiger partial charge >= 0.3 is 5.97 Å². The van der Waals surface area contributed by atoms with Gasteiger partial charge in [-0.2, -0.15) is 15.1 Å². The highest BCUT2D eigenvalue weighted by Crippen LogP contribution is 2.24. The van der Waals surface area contributed by atoms with Crippen molar-refractivity contribution in [3.63, 3.8) is 0 Å². The maximum atomic E-state index is 14.3. The summed E-state index contributed by atoms with van der Waals surface area (Å²) in [6.45, 7) is 2.45. The van der Waals surface area contributed by atoms with Crippen LogP contribution in [-0.4, -0.2) is 41.9 Å². The molecule has 0 spiro atoms. The maximum Gasteiger partial charge on any atom is 0.341 e. The minimum atomic E-state index is -0.495. The van der Waals surface area contributed by atoms with Crippen LogP contribution in [0.3, 0.4) is 0 Å². The molecule has 10 heteroatoms. The summed E-state index contributed by atoms with van der Waals surface area (Å²) < 4.78 is 28.4. The minimum Gasteiger partial charge on any atom is -0.471 e. The Morgan fingerprint density at radius 2 is 1.86 bits per heavy atom. The van der Waals surface area contributed by atoms with E-state index in [1.165, 1.54) is 23.1 Å². The summed E-state index contributed by atoms with van der Waals surface area (Å²) >= 11 is 0. The number of fused-ring (bicyclic) bond motifs is 1. The predicted molar refractivity (Wildman–Crippen MR) is 125 cm³/mol. The summed E-state index contributed by atoms with van der Waals surface area (Å²) in [6.07, 6.45) is 4.43. The molecule has 176 valence electrons. The van der Waals surface area contributed by atoms with Crippen LogP contribution >= 0.6 is 0 Å². The number of benzene rings is 2. The number of ether oxygens (including phenoxy) is 2. The third-order valence-electron chi connectivity index (χ3n) is 5.24. The van der Waals surface area contributed by atoms with Crippen LogP contribution in [0.1, 0.15) is 28.4 Å². The van der Waals surface area contributed by atoms with E-state index >= 15 is 0 Å². The summed E-state index contributed by atoms with van der Waals surface area (Å²) in [5.74, 6) is -0.402. The van der Waals surface area contributed by atoms with E-state index in [1.807, 2.05) is 30.3 Å². The van der Waals surface area contributed by atoms with Crippen LogP contribution in [0.2, 0.25) is 0 Å². The summed E-state index contributed by atoms with van der Waals surface area (Å²) in [6, 6.07) is 16.2. The smallest absolute Gasteiger partial charge is 0.341 e. The van der Waals surface area contributed by atoms with Gasteiger partial charge in [-0.15, -0.1) is 0 Å². The van der Waals surface area contributed by atoms with Gasteiger partial charge < -0.3 is 14.0 Å². The number of rotatable bonds is 8. The number of aromatic nitrogens is 6. The van der Waals surface area contributed by atoms with Gasteiger partial charge in [-0.25, -0.2) is 18.9 Å². The summed E-state index contributed by atoms with van der Waals surface area (Å²) in [5.41, 5.74) is 2.58.